The lowest BCUT2D eigenvalue weighted by molar-refractivity contribution is -0.136. The zero-order valence-electron chi connectivity index (χ0n) is 10.5. The summed E-state index contributed by atoms with van der Waals surface area (Å²) in [6.45, 7) is 7.68. The number of carboxylic acid groups (broad SMARTS) is 1. The highest BCUT2D eigenvalue weighted by molar-refractivity contribution is 6.29. The molecule has 0 spiro atoms. The summed E-state index contributed by atoms with van der Waals surface area (Å²) in [6, 6.07) is 0. The van der Waals surface area contributed by atoms with Crippen LogP contribution in [0.3, 0.4) is 0 Å². The van der Waals surface area contributed by atoms with E-state index in [4.69, 9.17) is 16.7 Å². The van der Waals surface area contributed by atoms with Crippen molar-refractivity contribution in [1.82, 2.24) is 0 Å². The van der Waals surface area contributed by atoms with Crippen molar-refractivity contribution in [2.24, 2.45) is 0 Å². The van der Waals surface area contributed by atoms with Gasteiger partial charge in [-0.25, -0.2) is 0 Å². The summed E-state index contributed by atoms with van der Waals surface area (Å²) in [5.41, 5.74) is 0.968. The molecule has 0 bridgehead atoms. The summed E-state index contributed by atoms with van der Waals surface area (Å²) in [5, 5.41) is 9.20. The molecule has 0 unspecified atom stereocenters. The lowest BCUT2D eigenvalue weighted by Gasteiger charge is -1.97. The average molecular weight is 245 g/mol. The van der Waals surface area contributed by atoms with Crippen molar-refractivity contribution < 1.29 is 9.90 Å². The Bertz CT molecular complexity index is 272. The fraction of sp³-hybridized carbons (Fsp3) is 0.462. The summed E-state index contributed by atoms with van der Waals surface area (Å²) >= 11 is 5.66. The molecule has 0 amide bonds. The van der Waals surface area contributed by atoms with E-state index >= 15 is 0 Å². The van der Waals surface area contributed by atoms with Gasteiger partial charge in [0.25, 0.3) is 0 Å². The standard InChI is InChI=1S/C11H15ClO2.C2H6/c1-3-4-10(6-5-9(2)12)7-8-11(13)14;1-2/h3-6H,7-8H2,1-2H3,(H,13,14);1-2H3/b4-3-,9-5+,10-6+;. The molecule has 2 nitrogen and oxygen atoms in total. The van der Waals surface area contributed by atoms with E-state index in [0.717, 1.165) is 5.57 Å². The zero-order chi connectivity index (χ0) is 13.0. The number of halogens is 1. The molecule has 0 fully saturated rings. The quantitative estimate of drug-likeness (QED) is 0.722. The molecule has 1 N–H and O–H groups in total. The van der Waals surface area contributed by atoms with Gasteiger partial charge in [0.1, 0.15) is 0 Å². The van der Waals surface area contributed by atoms with Gasteiger partial charge in [0.15, 0.2) is 0 Å². The van der Waals surface area contributed by atoms with E-state index in [2.05, 4.69) is 0 Å². The van der Waals surface area contributed by atoms with Crippen LogP contribution >= 0.6 is 11.6 Å². The van der Waals surface area contributed by atoms with Crippen LogP contribution in [0.2, 0.25) is 0 Å². The Kier molecular flexibility index (Phi) is 13.1. The number of hydrogen-bond donors (Lipinski definition) is 1. The third-order valence-corrected chi connectivity index (χ3v) is 1.66. The minimum atomic E-state index is -0.785. The van der Waals surface area contributed by atoms with E-state index in [1.165, 1.54) is 0 Å². The van der Waals surface area contributed by atoms with Crippen molar-refractivity contribution in [3.8, 4) is 0 Å². The molecule has 3 heteroatoms. The van der Waals surface area contributed by atoms with Gasteiger partial charge < -0.3 is 5.11 Å². The van der Waals surface area contributed by atoms with Crippen LogP contribution in [-0.4, -0.2) is 11.1 Å². The van der Waals surface area contributed by atoms with Crippen LogP contribution in [0.15, 0.2) is 34.9 Å². The first-order valence-corrected chi connectivity index (χ1v) is 5.81. The number of allylic oxidation sites excluding steroid dienone is 6. The first-order valence-electron chi connectivity index (χ1n) is 5.43. The van der Waals surface area contributed by atoms with Crippen LogP contribution in [0.5, 0.6) is 0 Å². The molecule has 92 valence electrons. The molecule has 0 aliphatic heterocycles. The summed E-state index contributed by atoms with van der Waals surface area (Å²) in [4.78, 5) is 10.4. The van der Waals surface area contributed by atoms with Crippen molar-refractivity contribution in [3.63, 3.8) is 0 Å². The normalized spacial score (nSPS) is 12.3. The molecule has 0 aromatic rings. The fourth-order valence-corrected chi connectivity index (χ4v) is 0.972. The first kappa shape index (κ1) is 17.4. The van der Waals surface area contributed by atoms with Crippen LogP contribution in [0.4, 0.5) is 0 Å². The number of carboxylic acids is 1. The van der Waals surface area contributed by atoms with Crippen LogP contribution in [0, 0.1) is 0 Å². The van der Waals surface area contributed by atoms with Crippen molar-refractivity contribution in [3.05, 3.63) is 34.9 Å². The highest BCUT2D eigenvalue weighted by atomic mass is 35.5. The molecule has 0 radical (unpaired) electrons. The van der Waals surface area contributed by atoms with Crippen molar-refractivity contribution in [2.75, 3.05) is 0 Å². The highest BCUT2D eigenvalue weighted by Gasteiger charge is 1.98. The third kappa shape index (κ3) is 13.0. The summed E-state index contributed by atoms with van der Waals surface area (Å²) in [7, 11) is 0. The second-order valence-electron chi connectivity index (χ2n) is 2.89. The number of aliphatic carboxylic acids is 1. The second-order valence-corrected chi connectivity index (χ2v) is 3.48. The van der Waals surface area contributed by atoms with Gasteiger partial charge in [-0.3, -0.25) is 4.79 Å². The van der Waals surface area contributed by atoms with E-state index in [9.17, 15) is 4.79 Å². The smallest absolute Gasteiger partial charge is 0.303 e. The summed E-state index contributed by atoms with van der Waals surface area (Å²) in [5.74, 6) is -0.785. The van der Waals surface area contributed by atoms with Gasteiger partial charge in [-0.05, 0) is 31.9 Å². The van der Waals surface area contributed by atoms with Crippen molar-refractivity contribution in [1.29, 1.82) is 0 Å². The topological polar surface area (TPSA) is 37.3 Å². The van der Waals surface area contributed by atoms with Crippen LogP contribution in [0.1, 0.15) is 40.5 Å². The molecule has 0 aromatic carbocycles. The molecular weight excluding hydrogens is 224 g/mol. The Hall–Kier alpha value is -1.02. The number of rotatable bonds is 5. The second kappa shape index (κ2) is 12.1. The van der Waals surface area contributed by atoms with Crippen molar-refractivity contribution in [2.45, 2.75) is 40.5 Å². The Balaban J connectivity index is 0. The summed E-state index contributed by atoms with van der Waals surface area (Å²) in [6.07, 6.45) is 8.04. The van der Waals surface area contributed by atoms with Gasteiger partial charge in [-0.15, -0.1) is 0 Å². The lowest BCUT2D eigenvalue weighted by Crippen LogP contribution is -1.94. The number of carbonyl (C=O) groups is 1. The Morgan fingerprint density at radius 1 is 1.25 bits per heavy atom. The molecule has 16 heavy (non-hydrogen) atoms. The van der Waals surface area contributed by atoms with Crippen LogP contribution in [0.25, 0.3) is 0 Å². The van der Waals surface area contributed by atoms with Gasteiger partial charge in [0.05, 0.1) is 0 Å². The summed E-state index contributed by atoms with van der Waals surface area (Å²) < 4.78 is 0. The molecule has 0 saturated heterocycles. The van der Waals surface area contributed by atoms with E-state index in [0.29, 0.717) is 11.5 Å². The minimum Gasteiger partial charge on any atom is -0.481 e. The first-order chi connectivity index (χ1) is 7.56. The van der Waals surface area contributed by atoms with E-state index < -0.39 is 5.97 Å². The predicted octanol–water partition coefficient (Wildman–Crippen LogP) is 4.52. The lowest BCUT2D eigenvalue weighted by atomic mass is 10.1. The van der Waals surface area contributed by atoms with E-state index in [-0.39, 0.29) is 6.42 Å². The molecule has 0 saturated carbocycles. The average Bonchev–Trinajstić information content (AvgIpc) is 2.24. The highest BCUT2D eigenvalue weighted by Crippen LogP contribution is 2.09. The Morgan fingerprint density at radius 2 is 1.81 bits per heavy atom. The maximum Gasteiger partial charge on any atom is 0.303 e. The van der Waals surface area contributed by atoms with E-state index in [1.54, 1.807) is 13.0 Å². The van der Waals surface area contributed by atoms with Crippen molar-refractivity contribution >= 4 is 17.6 Å². The van der Waals surface area contributed by atoms with E-state index in [1.807, 2.05) is 39.0 Å². The zero-order valence-corrected chi connectivity index (χ0v) is 11.2. The fourth-order valence-electron chi connectivity index (χ4n) is 0.909. The van der Waals surface area contributed by atoms with Crippen LogP contribution in [-0.2, 0) is 4.79 Å². The maximum absolute atomic E-state index is 10.4. The maximum atomic E-state index is 10.4. The predicted molar refractivity (Wildman–Crippen MR) is 70.7 cm³/mol. The van der Waals surface area contributed by atoms with Gasteiger partial charge in [0.2, 0.25) is 0 Å². The van der Waals surface area contributed by atoms with Crippen LogP contribution < -0.4 is 0 Å². The minimum absolute atomic E-state index is 0.144. The van der Waals surface area contributed by atoms with Gasteiger partial charge in [0, 0.05) is 11.5 Å². The molecule has 0 aliphatic rings. The molecule has 0 aromatic heterocycles. The Labute approximate surface area is 103 Å². The molecule has 0 aliphatic carbocycles. The Morgan fingerprint density at radius 3 is 2.19 bits per heavy atom. The third-order valence-electron chi connectivity index (χ3n) is 1.54. The molecule has 0 heterocycles. The number of hydrogen-bond acceptors (Lipinski definition) is 1. The van der Waals surface area contributed by atoms with Gasteiger partial charge in [-0.1, -0.05) is 43.7 Å². The molecule has 0 rings (SSSR count). The molecular formula is C13H21ClO2. The van der Waals surface area contributed by atoms with Gasteiger partial charge >= 0.3 is 5.97 Å². The van der Waals surface area contributed by atoms with Gasteiger partial charge in [-0.2, -0.15) is 0 Å². The SMILES string of the molecule is CC.C\C=C/C(=C\C=C(/C)Cl)CCC(=O)O. The molecule has 0 atom stereocenters. The largest absolute Gasteiger partial charge is 0.481 e. The monoisotopic (exact) mass is 244 g/mol.